The minimum Gasteiger partial charge on any atom is -0.481 e. The van der Waals surface area contributed by atoms with Crippen LogP contribution in [-0.4, -0.2) is 38.5 Å². The van der Waals surface area contributed by atoms with Crippen molar-refractivity contribution in [3.63, 3.8) is 0 Å². The van der Waals surface area contributed by atoms with Gasteiger partial charge in [0.05, 0.1) is 17.6 Å². The van der Waals surface area contributed by atoms with E-state index < -0.39 is 22.0 Å². The molecule has 1 fully saturated rings. The lowest BCUT2D eigenvalue weighted by atomic mass is 10.2. The predicted octanol–water partition coefficient (Wildman–Crippen LogP) is 0.991. The molecule has 1 amide bonds. The van der Waals surface area contributed by atoms with Crippen molar-refractivity contribution in [1.82, 2.24) is 5.32 Å². The van der Waals surface area contributed by atoms with Gasteiger partial charge in [-0.1, -0.05) is 11.8 Å². The number of carbonyl (C=O) groups is 2. The highest BCUT2D eigenvalue weighted by atomic mass is 32.2. The molecule has 0 radical (unpaired) electrons. The number of rotatable bonds is 5. The fraction of sp³-hybridized carbons (Fsp3) is 0.167. The summed E-state index contributed by atoms with van der Waals surface area (Å²) in [5.74, 6) is -1.49. The van der Waals surface area contributed by atoms with Crippen molar-refractivity contribution in [2.24, 2.45) is 10.2 Å². The van der Waals surface area contributed by atoms with Gasteiger partial charge in [-0.3, -0.25) is 19.7 Å². The first kappa shape index (κ1) is 15.6. The summed E-state index contributed by atoms with van der Waals surface area (Å²) in [5, 5.41) is 28.6. The summed E-state index contributed by atoms with van der Waals surface area (Å²) in [4.78, 5) is 32.0. The number of aliphatic carboxylic acids is 1. The van der Waals surface area contributed by atoms with E-state index in [4.69, 9.17) is 5.11 Å². The van der Waals surface area contributed by atoms with E-state index in [0.717, 1.165) is 11.8 Å². The van der Waals surface area contributed by atoms with Gasteiger partial charge in [-0.15, -0.1) is 5.10 Å². The summed E-state index contributed by atoms with van der Waals surface area (Å²) in [6.45, 7) is 0. The van der Waals surface area contributed by atoms with Crippen molar-refractivity contribution < 1.29 is 19.6 Å². The first-order chi connectivity index (χ1) is 10.5. The van der Waals surface area contributed by atoms with E-state index in [1.165, 1.54) is 30.5 Å². The summed E-state index contributed by atoms with van der Waals surface area (Å²) in [6, 6.07) is 5.69. The molecule has 2 N–H and O–H groups in total. The summed E-state index contributed by atoms with van der Waals surface area (Å²) in [5.41, 5.74) is 0.574. The van der Waals surface area contributed by atoms with Gasteiger partial charge in [0.1, 0.15) is 5.25 Å². The van der Waals surface area contributed by atoms with Crippen LogP contribution in [0.2, 0.25) is 0 Å². The third-order valence-corrected chi connectivity index (χ3v) is 3.67. The molecular weight excluding hydrogens is 312 g/mol. The van der Waals surface area contributed by atoms with E-state index in [1.54, 1.807) is 0 Å². The Kier molecular flexibility index (Phi) is 4.84. The van der Waals surface area contributed by atoms with Gasteiger partial charge in [0.2, 0.25) is 5.91 Å². The number of thioether (sulfide) groups is 1. The van der Waals surface area contributed by atoms with E-state index in [2.05, 4.69) is 15.5 Å². The Morgan fingerprint density at radius 3 is 2.73 bits per heavy atom. The Labute approximate surface area is 128 Å². The number of nitrogens with one attached hydrogen (secondary N) is 1. The number of carbonyl (C=O) groups excluding carboxylic acids is 1. The Balaban J connectivity index is 1.98. The third kappa shape index (κ3) is 4.12. The van der Waals surface area contributed by atoms with Crippen LogP contribution in [0.1, 0.15) is 12.0 Å². The number of hydrogen-bond donors (Lipinski definition) is 2. The normalized spacial score (nSPS) is 19.5. The van der Waals surface area contributed by atoms with Gasteiger partial charge in [-0.2, -0.15) is 5.10 Å². The molecular formula is C12H10N4O5S. The minimum atomic E-state index is -1.07. The van der Waals surface area contributed by atoms with Gasteiger partial charge in [0.25, 0.3) is 5.69 Å². The van der Waals surface area contributed by atoms with Gasteiger partial charge < -0.3 is 10.4 Å². The third-order valence-electron chi connectivity index (χ3n) is 2.60. The Morgan fingerprint density at radius 1 is 1.45 bits per heavy atom. The van der Waals surface area contributed by atoms with Crippen LogP contribution in [0, 0.1) is 10.1 Å². The zero-order chi connectivity index (χ0) is 16.1. The molecule has 9 nitrogen and oxygen atoms in total. The maximum atomic E-state index is 11.5. The molecule has 0 saturated carbocycles. The average molecular weight is 322 g/mol. The van der Waals surface area contributed by atoms with Gasteiger partial charge >= 0.3 is 5.97 Å². The molecule has 1 aliphatic heterocycles. The van der Waals surface area contributed by atoms with Crippen LogP contribution in [0.25, 0.3) is 0 Å². The fourth-order valence-electron chi connectivity index (χ4n) is 1.58. The number of nitro groups is 1. The summed E-state index contributed by atoms with van der Waals surface area (Å²) in [6.07, 6.45) is 1.08. The lowest BCUT2D eigenvalue weighted by Crippen LogP contribution is -2.26. The zero-order valence-electron chi connectivity index (χ0n) is 11.0. The quantitative estimate of drug-likeness (QED) is 0.471. The maximum Gasteiger partial charge on any atom is 0.305 e. The number of amides is 1. The molecule has 0 spiro atoms. The second-order valence-electron chi connectivity index (χ2n) is 4.19. The molecule has 2 rings (SSSR count). The van der Waals surface area contributed by atoms with Crippen molar-refractivity contribution in [1.29, 1.82) is 0 Å². The number of amidine groups is 1. The smallest absolute Gasteiger partial charge is 0.305 e. The second-order valence-corrected chi connectivity index (χ2v) is 5.38. The van der Waals surface area contributed by atoms with Gasteiger partial charge in [0, 0.05) is 12.1 Å². The molecule has 1 heterocycles. The number of carboxylic acid groups (broad SMARTS) is 1. The van der Waals surface area contributed by atoms with Crippen molar-refractivity contribution in [2.75, 3.05) is 0 Å². The predicted molar refractivity (Wildman–Crippen MR) is 79.9 cm³/mol. The van der Waals surface area contributed by atoms with Gasteiger partial charge in [-0.05, 0) is 17.7 Å². The summed E-state index contributed by atoms with van der Waals surface area (Å²) >= 11 is 0.994. The van der Waals surface area contributed by atoms with Crippen LogP contribution in [0.3, 0.4) is 0 Å². The van der Waals surface area contributed by atoms with Crippen molar-refractivity contribution in [3.05, 3.63) is 39.9 Å². The van der Waals surface area contributed by atoms with Crippen molar-refractivity contribution in [2.45, 2.75) is 11.7 Å². The maximum absolute atomic E-state index is 11.5. The molecule has 1 aromatic rings. The topological polar surface area (TPSA) is 134 Å². The van der Waals surface area contributed by atoms with Gasteiger partial charge in [0.15, 0.2) is 5.17 Å². The number of benzene rings is 1. The van der Waals surface area contributed by atoms with E-state index in [1.807, 2.05) is 0 Å². The van der Waals surface area contributed by atoms with Crippen LogP contribution in [0.5, 0.6) is 0 Å². The van der Waals surface area contributed by atoms with E-state index in [9.17, 15) is 19.7 Å². The highest BCUT2D eigenvalue weighted by molar-refractivity contribution is 8.15. The molecule has 10 heteroatoms. The summed E-state index contributed by atoms with van der Waals surface area (Å²) < 4.78 is 0. The average Bonchev–Trinajstić information content (AvgIpc) is 2.79. The van der Waals surface area contributed by atoms with Crippen LogP contribution < -0.4 is 5.32 Å². The van der Waals surface area contributed by atoms with Gasteiger partial charge in [-0.25, -0.2) is 0 Å². The van der Waals surface area contributed by atoms with E-state index in [-0.39, 0.29) is 17.3 Å². The molecule has 0 aliphatic carbocycles. The number of non-ortho nitro benzene ring substituents is 1. The largest absolute Gasteiger partial charge is 0.481 e. The standard InChI is InChI=1S/C12H10N4O5S/c17-10(18)5-9-11(19)14-12(22-9)15-13-6-7-1-3-8(4-2-7)16(20)21/h1-4,6,9H,5H2,(H,17,18)(H,14,15,19)/b13-6-/t9-/m1/s1. The van der Waals surface area contributed by atoms with Crippen LogP contribution in [-0.2, 0) is 9.59 Å². The molecule has 1 saturated heterocycles. The number of hydrogen-bond acceptors (Lipinski definition) is 7. The Hall–Kier alpha value is -2.75. The van der Waals surface area contributed by atoms with Crippen molar-refractivity contribution in [3.8, 4) is 0 Å². The van der Waals surface area contributed by atoms with Crippen molar-refractivity contribution >= 4 is 40.7 Å². The van der Waals surface area contributed by atoms with Crippen LogP contribution in [0.15, 0.2) is 34.5 Å². The lowest BCUT2D eigenvalue weighted by molar-refractivity contribution is -0.384. The van der Waals surface area contributed by atoms with E-state index >= 15 is 0 Å². The summed E-state index contributed by atoms with van der Waals surface area (Å²) in [7, 11) is 0. The molecule has 0 aromatic heterocycles. The first-order valence-electron chi connectivity index (χ1n) is 6.00. The minimum absolute atomic E-state index is 0.0291. The monoisotopic (exact) mass is 322 g/mol. The Morgan fingerprint density at radius 2 is 2.14 bits per heavy atom. The lowest BCUT2D eigenvalue weighted by Gasteiger charge is -1.97. The molecule has 0 unspecified atom stereocenters. The highest BCUT2D eigenvalue weighted by Gasteiger charge is 2.32. The molecule has 114 valence electrons. The second kappa shape index (κ2) is 6.80. The molecule has 1 aromatic carbocycles. The van der Waals surface area contributed by atoms with Crippen LogP contribution in [0.4, 0.5) is 5.69 Å². The number of carboxylic acids is 1. The molecule has 1 aliphatic rings. The highest BCUT2D eigenvalue weighted by Crippen LogP contribution is 2.22. The van der Waals surface area contributed by atoms with E-state index in [0.29, 0.717) is 5.56 Å². The SMILES string of the molecule is O=C(O)C[C@H]1S/C(=N\N=C/c2ccc([N+](=O)[O-])cc2)NC1=O. The van der Waals surface area contributed by atoms with Crippen LogP contribution >= 0.6 is 11.8 Å². The molecule has 22 heavy (non-hydrogen) atoms. The number of nitrogens with zero attached hydrogens (tertiary/aromatic N) is 3. The number of nitro benzene ring substituents is 1. The molecule has 0 bridgehead atoms. The molecule has 1 atom stereocenters. The Bertz CT molecular complexity index is 671. The fourth-order valence-corrected chi connectivity index (χ4v) is 2.49. The first-order valence-corrected chi connectivity index (χ1v) is 6.88. The zero-order valence-corrected chi connectivity index (χ0v) is 11.8.